The fourth-order valence-electron chi connectivity index (χ4n) is 8.80. The molecule has 0 saturated carbocycles. The van der Waals surface area contributed by atoms with E-state index < -0.39 is 95.5 Å². The molecule has 0 aromatic rings. The van der Waals surface area contributed by atoms with Crippen molar-refractivity contribution in [3.63, 3.8) is 0 Å². The molecule has 15 nitrogen and oxygen atoms in total. The molecule has 0 spiro atoms. The number of esters is 1. The monoisotopic (exact) mass is 894 g/mol. The van der Waals surface area contributed by atoms with Crippen LogP contribution < -0.4 is 5.73 Å². The number of carbonyl (C=O) groups is 1. The van der Waals surface area contributed by atoms with Gasteiger partial charge in [0, 0.05) is 70.8 Å². The van der Waals surface area contributed by atoms with Crippen molar-refractivity contribution in [2.45, 2.75) is 185 Å². The second-order valence-corrected chi connectivity index (χ2v) is 17.8. The molecule has 0 aromatic carbocycles. The van der Waals surface area contributed by atoms with Gasteiger partial charge < -0.3 is 83.3 Å². The predicted octanol–water partition coefficient (Wildman–Crippen LogP) is 1.88. The first-order chi connectivity index (χ1) is 25.7. The second kappa shape index (κ2) is 22.4. The van der Waals surface area contributed by atoms with Crippen LogP contribution in [0, 0.1) is 31.6 Å². The maximum absolute atomic E-state index is 14.2. The van der Waals surface area contributed by atoms with Crippen molar-refractivity contribution in [3.05, 3.63) is 13.8 Å². The number of aliphatic hydroxyl groups is 5. The maximum Gasteiger partial charge on any atom is 0.311 e. The molecule has 16 heteroatoms. The molecule has 0 bridgehead atoms. The summed E-state index contributed by atoms with van der Waals surface area (Å²) in [5.41, 5.74) is -1.46. The van der Waals surface area contributed by atoms with Crippen LogP contribution in [0.25, 0.3) is 0 Å². The summed E-state index contributed by atoms with van der Waals surface area (Å²) in [5, 5.41) is 58.6. The van der Waals surface area contributed by atoms with Crippen molar-refractivity contribution in [2.75, 3.05) is 41.3 Å². The Bertz CT molecular complexity index is 1220. The van der Waals surface area contributed by atoms with Crippen LogP contribution >= 0.6 is 0 Å². The number of nitrogens with two attached hydrogens (primary N) is 1. The number of likely N-dealkylation sites (N-methyl/N-ethyl adjacent to an activating group) is 2. The molecular weight excluding hydrogens is 815 g/mol. The van der Waals surface area contributed by atoms with Crippen molar-refractivity contribution in [2.24, 2.45) is 23.5 Å². The van der Waals surface area contributed by atoms with Gasteiger partial charge in [-0.15, -0.1) is 6.54 Å². The SMILES string of the molecule is [CH2-]CN.[CH2-][C@@]1(O)[C@H](C)O[C@@H](O[C@H]2[C@H](C)[C@@H](O[C@@H]3O[C@H](C)C[C@H](N(C)C)[C@H]3O)[C@@](C)(O)C[C@@H](C)CN(C)[C@H](C)[C@@H](O)[C@](C)(O)[C@@H](CC)OC(=O)[C@@H]2C)C[C@@]1(C)OC.[Y]. The number of carbonyl (C=O) groups excluding carboxylic acids is 1. The molecule has 3 heterocycles. The fraction of sp³-hybridized carbons (Fsp3) is 0.927. The van der Waals surface area contributed by atoms with Gasteiger partial charge in [-0.05, 0) is 100 Å². The van der Waals surface area contributed by atoms with Gasteiger partial charge in [-0.25, -0.2) is 0 Å². The smallest absolute Gasteiger partial charge is 0.311 e. The van der Waals surface area contributed by atoms with Crippen molar-refractivity contribution < 1.29 is 91.5 Å². The summed E-state index contributed by atoms with van der Waals surface area (Å²) < 4.78 is 37.6. The molecule has 0 unspecified atom stereocenters. The molecule has 57 heavy (non-hydrogen) atoms. The van der Waals surface area contributed by atoms with E-state index in [0.717, 1.165) is 0 Å². The summed E-state index contributed by atoms with van der Waals surface area (Å²) >= 11 is 0. The van der Waals surface area contributed by atoms with E-state index >= 15 is 0 Å². The van der Waals surface area contributed by atoms with Gasteiger partial charge in [0.1, 0.15) is 23.9 Å². The normalized spacial score (nSPS) is 47.1. The standard InChI is InChI=1S/C39H73N2O12.C2H6N.Y/c1-16-28-38(10,46)32(43)25(6)41(14)20-21(2)18-36(8,45)33(53-35-30(42)27(40(12)13)17-22(3)49-35)23(4)31(24(5)34(44)51-28)52-29-19-37(9,48-15)39(11,47)26(7)50-29;1-2-3;/h21-33,35,42-43,45-47H,11,16-20H2,1-10,12-15H3;1-3H2;/q2*-1;/t21-,22-,23+,24-,25-,26+,27+,28-,29+,30-,31+,32-,33-,35+,36+,37-,38-,39-;;/m1../s1. The summed E-state index contributed by atoms with van der Waals surface area (Å²) in [4.78, 5) is 18.1. The quantitative estimate of drug-likeness (QED) is 0.160. The average molecular weight is 895 g/mol. The molecule has 18 atom stereocenters. The molecular formula is C41H79N3O12Y-2. The number of cyclic esters (lactones) is 1. The number of methoxy groups -OCH3 is 1. The number of hydrogen-bond acceptors (Lipinski definition) is 15. The van der Waals surface area contributed by atoms with Gasteiger partial charge in [0.15, 0.2) is 12.6 Å². The Kier molecular flexibility index (Phi) is 21.7. The van der Waals surface area contributed by atoms with Crippen LogP contribution in [0.1, 0.15) is 94.9 Å². The van der Waals surface area contributed by atoms with Gasteiger partial charge in [-0.2, -0.15) is 0 Å². The summed E-state index contributed by atoms with van der Waals surface area (Å²) in [5.74, 6) is -2.66. The molecule has 335 valence electrons. The van der Waals surface area contributed by atoms with Crippen molar-refractivity contribution in [1.82, 2.24) is 9.80 Å². The molecule has 7 N–H and O–H groups in total. The van der Waals surface area contributed by atoms with E-state index in [4.69, 9.17) is 34.2 Å². The first-order valence-electron chi connectivity index (χ1n) is 20.3. The van der Waals surface area contributed by atoms with E-state index in [2.05, 4.69) is 13.8 Å². The topological polar surface area (TPSA) is 206 Å². The van der Waals surface area contributed by atoms with E-state index in [-0.39, 0.29) is 70.0 Å². The van der Waals surface area contributed by atoms with Crippen molar-refractivity contribution >= 4 is 5.97 Å². The Labute approximate surface area is 368 Å². The third-order valence-corrected chi connectivity index (χ3v) is 12.7. The largest absolute Gasteiger partial charge is 0.459 e. The van der Waals surface area contributed by atoms with Crippen LogP contribution in [0.3, 0.4) is 0 Å². The molecule has 3 aliphatic heterocycles. The third kappa shape index (κ3) is 13.0. The summed E-state index contributed by atoms with van der Waals surface area (Å²) in [6.07, 6.45) is -7.69. The average Bonchev–Trinajstić information content (AvgIpc) is 3.09. The zero-order valence-electron chi connectivity index (χ0n) is 37.4. The minimum Gasteiger partial charge on any atom is -0.459 e. The zero-order chi connectivity index (χ0) is 43.3. The zero-order valence-corrected chi connectivity index (χ0v) is 40.2. The Morgan fingerprint density at radius 1 is 1.00 bits per heavy atom. The molecule has 3 fully saturated rings. The first-order valence-corrected chi connectivity index (χ1v) is 20.3. The number of rotatable bonds is 7. The van der Waals surface area contributed by atoms with Crippen molar-refractivity contribution in [1.29, 1.82) is 0 Å². The third-order valence-electron chi connectivity index (χ3n) is 12.7. The maximum atomic E-state index is 14.2. The van der Waals surface area contributed by atoms with Crippen LogP contribution in [-0.4, -0.2) is 172 Å². The van der Waals surface area contributed by atoms with Crippen LogP contribution in [0.15, 0.2) is 0 Å². The second-order valence-electron chi connectivity index (χ2n) is 17.8. The summed E-state index contributed by atoms with van der Waals surface area (Å²) in [7, 11) is 7.07. The Hall–Kier alpha value is 0.0539. The molecule has 3 rings (SSSR count). The molecule has 0 aliphatic carbocycles. The Balaban J connectivity index is 0.00000393. The van der Waals surface area contributed by atoms with Gasteiger partial charge in [0.25, 0.3) is 0 Å². The predicted molar refractivity (Wildman–Crippen MR) is 213 cm³/mol. The van der Waals surface area contributed by atoms with Crippen LogP contribution in [0.5, 0.6) is 0 Å². The van der Waals surface area contributed by atoms with Gasteiger partial charge in [0.2, 0.25) is 0 Å². The minimum absolute atomic E-state index is 0. The fourth-order valence-corrected chi connectivity index (χ4v) is 8.80. The molecule has 3 aliphatic rings. The molecule has 3 saturated heterocycles. The number of ether oxygens (including phenoxy) is 6. The van der Waals surface area contributed by atoms with Crippen LogP contribution in [0.2, 0.25) is 0 Å². The number of aliphatic hydroxyl groups excluding tert-OH is 2. The van der Waals surface area contributed by atoms with Gasteiger partial charge in [-0.3, -0.25) is 4.79 Å². The summed E-state index contributed by atoms with van der Waals surface area (Å²) in [6, 6.07) is -0.825. The van der Waals surface area contributed by atoms with Gasteiger partial charge >= 0.3 is 5.97 Å². The van der Waals surface area contributed by atoms with E-state index in [1.807, 2.05) is 51.7 Å². The van der Waals surface area contributed by atoms with Gasteiger partial charge in [-0.1, -0.05) is 20.8 Å². The first kappa shape index (κ1) is 55.1. The number of nitrogens with zero attached hydrogens (tertiary/aromatic N) is 2. The minimum atomic E-state index is -1.81. The summed E-state index contributed by atoms with van der Waals surface area (Å²) in [6.45, 7) is 25.6. The molecule has 0 aromatic heterocycles. The molecule has 1 radical (unpaired) electrons. The van der Waals surface area contributed by atoms with E-state index in [1.165, 1.54) is 14.0 Å². The Morgan fingerprint density at radius 2 is 1.56 bits per heavy atom. The van der Waals surface area contributed by atoms with Crippen molar-refractivity contribution in [3.8, 4) is 0 Å². The van der Waals surface area contributed by atoms with Gasteiger partial charge in [0.05, 0.1) is 41.5 Å². The van der Waals surface area contributed by atoms with E-state index in [1.54, 1.807) is 41.5 Å². The Morgan fingerprint density at radius 3 is 2.07 bits per heavy atom. The van der Waals surface area contributed by atoms with Crippen LogP contribution in [0.4, 0.5) is 0 Å². The number of hydrogen-bond donors (Lipinski definition) is 6. The van der Waals surface area contributed by atoms with Crippen LogP contribution in [-0.2, 0) is 65.9 Å². The van der Waals surface area contributed by atoms with E-state index in [0.29, 0.717) is 19.5 Å². The van der Waals surface area contributed by atoms with E-state index in [9.17, 15) is 30.3 Å². The molecule has 0 amide bonds.